The van der Waals surface area contributed by atoms with Crippen molar-refractivity contribution in [2.24, 2.45) is 0 Å². The van der Waals surface area contributed by atoms with Gasteiger partial charge in [-0.2, -0.15) is 0 Å². The van der Waals surface area contributed by atoms with Crippen LogP contribution in [0.3, 0.4) is 0 Å². The quantitative estimate of drug-likeness (QED) is 0.663. The van der Waals surface area contributed by atoms with Gasteiger partial charge in [-0.15, -0.1) is 0 Å². The monoisotopic (exact) mass is 404 g/mol. The molecular weight excluding hydrogens is 376 g/mol. The highest BCUT2D eigenvalue weighted by atomic mass is 16.5. The van der Waals surface area contributed by atoms with E-state index in [2.05, 4.69) is 11.1 Å². The van der Waals surface area contributed by atoms with Gasteiger partial charge in [0.05, 0.1) is 19.2 Å². The highest BCUT2D eigenvalue weighted by Gasteiger charge is 2.28. The molecule has 0 unspecified atom stereocenters. The molecule has 0 spiro atoms. The summed E-state index contributed by atoms with van der Waals surface area (Å²) in [4.78, 5) is 31.2. The highest BCUT2D eigenvalue weighted by Crippen LogP contribution is 2.28. The van der Waals surface area contributed by atoms with Crippen molar-refractivity contribution in [2.75, 3.05) is 7.11 Å². The Kier molecular flexibility index (Phi) is 5.88. The van der Waals surface area contributed by atoms with Crippen LogP contribution in [0, 0.1) is 6.92 Å². The number of fused-ring (bicyclic) bond motifs is 1. The van der Waals surface area contributed by atoms with Crippen molar-refractivity contribution in [1.29, 1.82) is 0 Å². The number of carbonyl (C=O) groups is 1. The molecule has 1 N–H and O–H groups in total. The van der Waals surface area contributed by atoms with Crippen molar-refractivity contribution in [1.82, 2.24) is 9.88 Å². The molecule has 1 heterocycles. The fourth-order valence-electron chi connectivity index (χ4n) is 4.41. The van der Waals surface area contributed by atoms with Crippen molar-refractivity contribution >= 4 is 16.8 Å². The van der Waals surface area contributed by atoms with Crippen molar-refractivity contribution in [3.05, 3.63) is 75.6 Å². The number of hydrogen-bond acceptors (Lipinski definition) is 3. The smallest absolute Gasteiger partial charge is 0.258 e. The molecule has 5 heteroatoms. The average molecular weight is 405 g/mol. The first-order chi connectivity index (χ1) is 14.6. The topological polar surface area (TPSA) is 62.4 Å². The van der Waals surface area contributed by atoms with Gasteiger partial charge in [-0.1, -0.05) is 43.0 Å². The maximum Gasteiger partial charge on any atom is 0.258 e. The molecule has 4 rings (SSSR count). The first-order valence-corrected chi connectivity index (χ1v) is 10.6. The summed E-state index contributed by atoms with van der Waals surface area (Å²) in [6, 6.07) is 15.3. The summed E-state index contributed by atoms with van der Waals surface area (Å²) < 4.78 is 5.43. The van der Waals surface area contributed by atoms with Crippen molar-refractivity contribution in [2.45, 2.75) is 51.6 Å². The van der Waals surface area contributed by atoms with Crippen LogP contribution in [0.1, 0.15) is 53.6 Å². The fraction of sp³-hybridized carbons (Fsp3) is 0.360. The molecular formula is C25H28N2O3. The van der Waals surface area contributed by atoms with E-state index < -0.39 is 0 Å². The minimum absolute atomic E-state index is 0.0805. The van der Waals surface area contributed by atoms with Crippen molar-refractivity contribution in [3.8, 4) is 5.75 Å². The van der Waals surface area contributed by atoms with Crippen LogP contribution >= 0.6 is 0 Å². The predicted octanol–water partition coefficient (Wildman–Crippen LogP) is 4.82. The Morgan fingerprint density at radius 2 is 1.87 bits per heavy atom. The van der Waals surface area contributed by atoms with Crippen molar-refractivity contribution < 1.29 is 9.53 Å². The number of nitrogens with zero attached hydrogens (tertiary/aromatic N) is 1. The number of para-hydroxylation sites is 1. The highest BCUT2D eigenvalue weighted by molar-refractivity contribution is 5.97. The number of rotatable bonds is 5. The normalized spacial score (nSPS) is 14.6. The third kappa shape index (κ3) is 4.11. The Morgan fingerprint density at radius 1 is 1.10 bits per heavy atom. The number of carbonyl (C=O) groups excluding carboxylic acids is 1. The first-order valence-electron chi connectivity index (χ1n) is 10.6. The van der Waals surface area contributed by atoms with Gasteiger partial charge in [0.1, 0.15) is 5.75 Å². The summed E-state index contributed by atoms with van der Waals surface area (Å²) in [6.45, 7) is 2.32. The number of aryl methyl sites for hydroxylation is 1. The van der Waals surface area contributed by atoms with Crippen LogP contribution in [-0.2, 0) is 6.54 Å². The molecule has 0 radical (unpaired) electrons. The van der Waals surface area contributed by atoms with E-state index in [1.807, 2.05) is 42.2 Å². The van der Waals surface area contributed by atoms with E-state index in [1.54, 1.807) is 19.2 Å². The van der Waals surface area contributed by atoms with Gasteiger partial charge in [-0.3, -0.25) is 9.59 Å². The zero-order chi connectivity index (χ0) is 21.1. The SMILES string of the molecule is COc1ccccc1C(=O)N(Cc1cc2cc(C)ccc2[nH]c1=O)C1CCCCC1. The van der Waals surface area contributed by atoms with Gasteiger partial charge in [-0.25, -0.2) is 0 Å². The van der Waals surface area contributed by atoms with Gasteiger partial charge in [0.2, 0.25) is 0 Å². The lowest BCUT2D eigenvalue weighted by atomic mass is 9.93. The second kappa shape index (κ2) is 8.74. The molecule has 5 nitrogen and oxygen atoms in total. The second-order valence-electron chi connectivity index (χ2n) is 8.14. The van der Waals surface area contributed by atoms with E-state index in [0.717, 1.165) is 42.1 Å². The zero-order valence-corrected chi connectivity index (χ0v) is 17.6. The second-order valence-corrected chi connectivity index (χ2v) is 8.14. The number of pyridine rings is 1. The van der Waals surface area contributed by atoms with E-state index in [-0.39, 0.29) is 17.5 Å². The van der Waals surface area contributed by atoms with Gasteiger partial charge in [0, 0.05) is 17.1 Å². The Hall–Kier alpha value is -3.08. The molecule has 1 saturated carbocycles. The summed E-state index contributed by atoms with van der Waals surface area (Å²) >= 11 is 0. The molecule has 30 heavy (non-hydrogen) atoms. The van der Waals surface area contributed by atoms with Gasteiger partial charge >= 0.3 is 0 Å². The maximum atomic E-state index is 13.6. The standard InChI is InChI=1S/C25H28N2O3/c1-17-12-13-22-18(14-17)15-19(24(28)26-22)16-27(20-8-4-3-5-9-20)25(29)21-10-6-7-11-23(21)30-2/h6-7,10-15,20H,3-5,8-9,16H2,1-2H3,(H,26,28). The molecule has 1 fully saturated rings. The van der Waals surface area contributed by atoms with E-state index in [1.165, 1.54) is 6.42 Å². The third-order valence-corrected chi connectivity index (χ3v) is 6.03. The third-order valence-electron chi connectivity index (χ3n) is 6.03. The van der Waals surface area contributed by atoms with Crippen LogP contribution in [0.4, 0.5) is 0 Å². The Balaban J connectivity index is 1.73. The molecule has 0 atom stereocenters. The Morgan fingerprint density at radius 3 is 2.63 bits per heavy atom. The summed E-state index contributed by atoms with van der Waals surface area (Å²) in [7, 11) is 1.58. The number of aromatic nitrogens is 1. The summed E-state index contributed by atoms with van der Waals surface area (Å²) in [6.07, 6.45) is 5.33. The molecule has 2 aromatic carbocycles. The van der Waals surface area contributed by atoms with Gasteiger partial charge in [0.15, 0.2) is 0 Å². The van der Waals surface area contributed by atoms with Crippen LogP contribution in [0.2, 0.25) is 0 Å². The Labute approximate surface area is 176 Å². The molecule has 1 aliphatic rings. The lowest BCUT2D eigenvalue weighted by Gasteiger charge is -2.34. The number of H-pyrrole nitrogens is 1. The van der Waals surface area contributed by atoms with Crippen LogP contribution in [0.25, 0.3) is 10.9 Å². The predicted molar refractivity (Wildman–Crippen MR) is 119 cm³/mol. The molecule has 0 aliphatic heterocycles. The van der Waals surface area contributed by atoms with E-state index in [9.17, 15) is 9.59 Å². The first kappa shape index (κ1) is 20.2. The minimum atomic E-state index is -0.139. The van der Waals surface area contributed by atoms with Gasteiger partial charge < -0.3 is 14.6 Å². The molecule has 1 amide bonds. The molecule has 1 aromatic heterocycles. The maximum absolute atomic E-state index is 13.6. The van der Waals surface area contributed by atoms with Crippen LogP contribution in [-0.4, -0.2) is 28.9 Å². The lowest BCUT2D eigenvalue weighted by molar-refractivity contribution is 0.0610. The van der Waals surface area contributed by atoms with Crippen LogP contribution < -0.4 is 10.3 Å². The zero-order valence-electron chi connectivity index (χ0n) is 17.6. The fourth-order valence-corrected chi connectivity index (χ4v) is 4.41. The molecule has 1 aliphatic carbocycles. The van der Waals surface area contributed by atoms with Gasteiger partial charge in [0.25, 0.3) is 11.5 Å². The number of amides is 1. The van der Waals surface area contributed by atoms with E-state index in [4.69, 9.17) is 4.74 Å². The van der Waals surface area contributed by atoms with E-state index >= 15 is 0 Å². The van der Waals surface area contributed by atoms with Crippen LogP contribution in [0.15, 0.2) is 53.3 Å². The number of benzene rings is 2. The lowest BCUT2D eigenvalue weighted by Crippen LogP contribution is -2.42. The number of hydrogen-bond donors (Lipinski definition) is 1. The molecule has 3 aromatic rings. The number of methoxy groups -OCH3 is 1. The number of aromatic amines is 1. The van der Waals surface area contributed by atoms with Crippen LogP contribution in [0.5, 0.6) is 5.75 Å². The summed E-state index contributed by atoms with van der Waals surface area (Å²) in [5.41, 5.74) is 2.96. The molecule has 0 bridgehead atoms. The molecule has 156 valence electrons. The summed E-state index contributed by atoms with van der Waals surface area (Å²) in [5.74, 6) is 0.481. The average Bonchev–Trinajstić information content (AvgIpc) is 2.78. The van der Waals surface area contributed by atoms with Crippen molar-refractivity contribution in [3.63, 3.8) is 0 Å². The van der Waals surface area contributed by atoms with Gasteiger partial charge in [-0.05, 0) is 55.5 Å². The number of nitrogens with one attached hydrogen (secondary N) is 1. The summed E-state index contributed by atoms with van der Waals surface area (Å²) in [5, 5.41) is 0.984. The minimum Gasteiger partial charge on any atom is -0.496 e. The van der Waals surface area contributed by atoms with E-state index in [0.29, 0.717) is 23.4 Å². The Bertz CT molecular complexity index is 1110. The largest absolute Gasteiger partial charge is 0.496 e. The number of ether oxygens (including phenoxy) is 1. The molecule has 0 saturated heterocycles.